The smallest absolute Gasteiger partial charge is 0.377 e. The summed E-state index contributed by atoms with van der Waals surface area (Å²) in [7, 11) is 2.02. The van der Waals surface area contributed by atoms with E-state index in [0.717, 1.165) is 0 Å². The number of hydrogen-bond acceptors (Lipinski definition) is 7. The average molecular weight is 337 g/mol. The molecule has 8 nitrogen and oxygen atoms in total. The zero-order chi connectivity index (χ0) is 16.6. The molecule has 22 heavy (non-hydrogen) atoms. The first-order valence-corrected chi connectivity index (χ1v) is 9.18. The van der Waals surface area contributed by atoms with Gasteiger partial charge in [-0.3, -0.25) is 4.79 Å². The fourth-order valence-corrected chi connectivity index (χ4v) is 3.63. The van der Waals surface area contributed by atoms with Crippen LogP contribution in [0.15, 0.2) is 0 Å². The molecule has 0 aromatic rings. The average Bonchev–Trinajstić information content (AvgIpc) is 2.52. The molecule has 0 saturated carbocycles. The monoisotopic (exact) mass is 337 g/mol. The molecule has 1 saturated heterocycles. The highest BCUT2D eigenvalue weighted by molar-refractivity contribution is 6.60. The largest absolute Gasteiger partial charge is 0.502 e. The molecule has 1 atom stereocenters. The Labute approximate surface area is 132 Å². The predicted octanol–water partition coefficient (Wildman–Crippen LogP) is 0.654. The molecule has 0 spiro atoms. The molecule has 1 heterocycles. The predicted molar refractivity (Wildman–Crippen MR) is 79.8 cm³/mol. The lowest BCUT2D eigenvalue weighted by Gasteiger charge is -2.36. The quantitative estimate of drug-likeness (QED) is 0.329. The number of morpholine rings is 1. The van der Waals surface area contributed by atoms with E-state index < -0.39 is 8.80 Å². The van der Waals surface area contributed by atoms with E-state index in [1.54, 1.807) is 21.3 Å². The minimum Gasteiger partial charge on any atom is -0.377 e. The van der Waals surface area contributed by atoms with Gasteiger partial charge in [0.05, 0.1) is 19.3 Å². The maximum Gasteiger partial charge on any atom is 0.502 e. The van der Waals surface area contributed by atoms with Crippen molar-refractivity contribution in [3.05, 3.63) is 0 Å². The second-order valence-corrected chi connectivity index (χ2v) is 8.34. The molecular formula is C13H27NO7Si. The van der Waals surface area contributed by atoms with E-state index in [1.165, 1.54) is 5.06 Å². The highest BCUT2D eigenvalue weighted by Crippen LogP contribution is 2.17. The van der Waals surface area contributed by atoms with Gasteiger partial charge in [-0.1, -0.05) is 13.8 Å². The van der Waals surface area contributed by atoms with Gasteiger partial charge in [0.2, 0.25) is 0 Å². The fourth-order valence-electron chi connectivity index (χ4n) is 2.12. The van der Waals surface area contributed by atoms with Crippen LogP contribution in [0.5, 0.6) is 0 Å². The summed E-state index contributed by atoms with van der Waals surface area (Å²) in [4.78, 5) is 17.3. The molecule has 130 valence electrons. The van der Waals surface area contributed by atoms with Crippen LogP contribution in [0.4, 0.5) is 0 Å². The zero-order valence-corrected chi connectivity index (χ0v) is 15.0. The summed E-state index contributed by atoms with van der Waals surface area (Å²) < 4.78 is 26.5. The summed E-state index contributed by atoms with van der Waals surface area (Å²) in [5, 5.41) is 1.36. The van der Waals surface area contributed by atoms with Gasteiger partial charge in [-0.2, -0.15) is 0 Å². The Morgan fingerprint density at radius 3 is 2.45 bits per heavy atom. The van der Waals surface area contributed by atoms with E-state index in [1.807, 2.05) is 13.8 Å². The minimum absolute atomic E-state index is 0.0173. The van der Waals surface area contributed by atoms with Gasteiger partial charge >= 0.3 is 8.80 Å². The fraction of sp³-hybridized carbons (Fsp3) is 0.923. The minimum atomic E-state index is -2.63. The van der Waals surface area contributed by atoms with Crippen LogP contribution in [0.2, 0.25) is 6.04 Å². The Kier molecular flexibility index (Phi) is 8.47. The van der Waals surface area contributed by atoms with Crippen molar-refractivity contribution in [1.29, 1.82) is 0 Å². The van der Waals surface area contributed by atoms with Crippen molar-refractivity contribution in [2.75, 3.05) is 47.9 Å². The molecule has 0 bridgehead atoms. The van der Waals surface area contributed by atoms with Gasteiger partial charge < -0.3 is 22.8 Å². The van der Waals surface area contributed by atoms with Crippen molar-refractivity contribution in [1.82, 2.24) is 5.06 Å². The molecule has 9 heteroatoms. The summed E-state index contributed by atoms with van der Waals surface area (Å²) in [6.07, 6.45) is 0. The molecule has 1 fully saturated rings. The van der Waals surface area contributed by atoms with Crippen molar-refractivity contribution in [3.63, 3.8) is 0 Å². The molecule has 0 unspecified atom stereocenters. The SMILES string of the molecule is CO[Si](CCOCON1C(=O)COC[C@@H]1C(C)C)(OC)OC. The molecule has 1 aliphatic heterocycles. The van der Waals surface area contributed by atoms with Crippen molar-refractivity contribution in [2.45, 2.75) is 25.9 Å². The van der Waals surface area contributed by atoms with Crippen LogP contribution in [-0.2, 0) is 32.4 Å². The Morgan fingerprint density at radius 2 is 1.91 bits per heavy atom. The normalized spacial score (nSPS) is 20.0. The Bertz CT molecular complexity index is 330. The molecule has 0 radical (unpaired) electrons. The molecular weight excluding hydrogens is 310 g/mol. The van der Waals surface area contributed by atoms with E-state index >= 15 is 0 Å². The summed E-state index contributed by atoms with van der Waals surface area (Å²) >= 11 is 0. The number of hydroxylamine groups is 2. The van der Waals surface area contributed by atoms with Crippen LogP contribution in [0.25, 0.3) is 0 Å². The van der Waals surface area contributed by atoms with E-state index in [4.69, 9.17) is 27.6 Å². The van der Waals surface area contributed by atoms with Crippen molar-refractivity contribution < 1.29 is 32.4 Å². The number of carbonyl (C=O) groups is 1. The second kappa shape index (κ2) is 9.56. The topological polar surface area (TPSA) is 75.7 Å². The third-order valence-electron chi connectivity index (χ3n) is 3.59. The van der Waals surface area contributed by atoms with Crippen LogP contribution in [0.3, 0.4) is 0 Å². The number of rotatable bonds is 10. The number of amides is 1. The van der Waals surface area contributed by atoms with E-state index in [0.29, 0.717) is 19.3 Å². The van der Waals surface area contributed by atoms with Gasteiger partial charge in [0, 0.05) is 27.4 Å². The lowest BCUT2D eigenvalue weighted by atomic mass is 10.0. The zero-order valence-electron chi connectivity index (χ0n) is 14.0. The molecule has 0 aromatic heterocycles. The van der Waals surface area contributed by atoms with Crippen molar-refractivity contribution >= 4 is 14.7 Å². The maximum absolute atomic E-state index is 11.8. The Balaban J connectivity index is 2.34. The molecule has 0 aromatic carbocycles. The Hall–Kier alpha value is -0.553. The highest BCUT2D eigenvalue weighted by Gasteiger charge is 2.37. The van der Waals surface area contributed by atoms with Crippen LogP contribution < -0.4 is 0 Å². The Morgan fingerprint density at radius 1 is 1.27 bits per heavy atom. The summed E-state index contributed by atoms with van der Waals surface area (Å²) in [5.74, 6) is 0.0442. The summed E-state index contributed by atoms with van der Waals surface area (Å²) in [5.41, 5.74) is 0. The lowest BCUT2D eigenvalue weighted by Crippen LogP contribution is -2.51. The number of carbonyl (C=O) groups excluding carboxylic acids is 1. The van der Waals surface area contributed by atoms with Gasteiger partial charge in [0.25, 0.3) is 5.91 Å². The molecule has 1 aliphatic rings. The summed E-state index contributed by atoms with van der Waals surface area (Å²) in [6, 6.07) is 0.403. The highest BCUT2D eigenvalue weighted by atomic mass is 28.4. The number of nitrogens with zero attached hydrogens (tertiary/aromatic N) is 1. The van der Waals surface area contributed by atoms with Crippen LogP contribution >= 0.6 is 0 Å². The van der Waals surface area contributed by atoms with Gasteiger partial charge in [0.1, 0.15) is 6.61 Å². The molecule has 1 rings (SSSR count). The van der Waals surface area contributed by atoms with Crippen molar-refractivity contribution in [3.8, 4) is 0 Å². The first-order valence-electron chi connectivity index (χ1n) is 7.25. The van der Waals surface area contributed by atoms with E-state index in [-0.39, 0.29) is 31.3 Å². The van der Waals surface area contributed by atoms with Crippen molar-refractivity contribution in [2.24, 2.45) is 5.92 Å². The van der Waals surface area contributed by atoms with Gasteiger partial charge in [0.15, 0.2) is 6.79 Å². The van der Waals surface area contributed by atoms with Gasteiger partial charge in [-0.25, -0.2) is 9.90 Å². The standard InChI is InChI=1S/C13H27NO7Si/c1-11(2)12-8-20-9-13(15)14(12)21-10-19-6-7-22(16-3,17-4)18-5/h11-12H,6-10H2,1-5H3/t12-/m1/s1. The first kappa shape index (κ1) is 19.5. The van der Waals surface area contributed by atoms with E-state index in [9.17, 15) is 4.79 Å². The first-order chi connectivity index (χ1) is 10.5. The van der Waals surface area contributed by atoms with Gasteiger partial charge in [-0.15, -0.1) is 0 Å². The molecule has 1 amide bonds. The van der Waals surface area contributed by atoms with Crippen LogP contribution in [0, 0.1) is 5.92 Å². The van der Waals surface area contributed by atoms with Crippen LogP contribution in [-0.4, -0.2) is 73.8 Å². The molecule has 0 N–H and O–H groups in total. The third-order valence-corrected chi connectivity index (χ3v) is 6.27. The maximum atomic E-state index is 11.8. The second-order valence-electron chi connectivity index (χ2n) is 5.25. The third kappa shape index (κ3) is 5.27. The molecule has 0 aliphatic carbocycles. The summed E-state index contributed by atoms with van der Waals surface area (Å²) in [6.45, 7) is 4.87. The van der Waals surface area contributed by atoms with Gasteiger partial charge in [-0.05, 0) is 5.92 Å². The number of ether oxygens (including phenoxy) is 2. The van der Waals surface area contributed by atoms with E-state index in [2.05, 4.69) is 0 Å². The lowest BCUT2D eigenvalue weighted by molar-refractivity contribution is -0.261. The number of hydrogen-bond donors (Lipinski definition) is 0. The van der Waals surface area contributed by atoms with Crippen LogP contribution in [0.1, 0.15) is 13.8 Å².